The normalized spacial score (nSPS) is 14.6. The third-order valence-corrected chi connectivity index (χ3v) is 3.73. The molecule has 2 aromatic rings. The van der Waals surface area contributed by atoms with Crippen molar-refractivity contribution in [3.05, 3.63) is 42.0 Å². The summed E-state index contributed by atoms with van der Waals surface area (Å²) in [6, 6.07) is 7.07. The molecule has 0 radical (unpaired) electrons. The van der Waals surface area contributed by atoms with Crippen LogP contribution < -0.4 is 10.2 Å². The molecule has 0 aliphatic carbocycles. The van der Waals surface area contributed by atoms with Gasteiger partial charge in [-0.2, -0.15) is 0 Å². The van der Waals surface area contributed by atoms with E-state index in [0.717, 1.165) is 24.5 Å². The highest BCUT2D eigenvalue weighted by molar-refractivity contribution is 5.74. The number of hydrogen-bond donors (Lipinski definition) is 1. The number of aromatic nitrogens is 2. The van der Waals surface area contributed by atoms with Crippen molar-refractivity contribution in [2.24, 2.45) is 0 Å². The molecule has 0 bridgehead atoms. The fourth-order valence-corrected chi connectivity index (χ4v) is 2.47. The number of nitrogens with zero attached hydrogens (tertiary/aromatic N) is 3. The summed E-state index contributed by atoms with van der Waals surface area (Å²) in [4.78, 5) is 21.5. The number of hydrogen-bond acceptors (Lipinski definition) is 4. The van der Waals surface area contributed by atoms with E-state index in [4.69, 9.17) is 0 Å². The summed E-state index contributed by atoms with van der Waals surface area (Å²) >= 11 is 0. The molecule has 5 nitrogen and oxygen atoms in total. The van der Waals surface area contributed by atoms with Crippen molar-refractivity contribution in [3.8, 4) is 11.3 Å². The van der Waals surface area contributed by atoms with E-state index >= 15 is 0 Å². The molecule has 1 aromatic heterocycles. The van der Waals surface area contributed by atoms with Crippen LogP contribution in [0.3, 0.4) is 0 Å². The van der Waals surface area contributed by atoms with Gasteiger partial charge in [0.15, 0.2) is 0 Å². The molecule has 0 atom stereocenters. The van der Waals surface area contributed by atoms with Crippen LogP contribution in [0.15, 0.2) is 30.6 Å². The number of rotatable bonds is 3. The van der Waals surface area contributed by atoms with Crippen LogP contribution in [0, 0.1) is 12.7 Å². The lowest BCUT2D eigenvalue weighted by molar-refractivity contribution is -0.119. The average molecular weight is 300 g/mol. The number of benzene rings is 1. The molecule has 1 fully saturated rings. The minimum absolute atomic E-state index is 0.0249. The summed E-state index contributed by atoms with van der Waals surface area (Å²) in [5.41, 5.74) is 2.02. The van der Waals surface area contributed by atoms with Gasteiger partial charge in [-0.15, -0.1) is 0 Å². The van der Waals surface area contributed by atoms with Gasteiger partial charge >= 0.3 is 0 Å². The summed E-state index contributed by atoms with van der Waals surface area (Å²) in [5, 5.41) is 2.87. The molecule has 1 aromatic carbocycles. The molecule has 1 aliphatic rings. The highest BCUT2D eigenvalue weighted by atomic mass is 19.1. The van der Waals surface area contributed by atoms with E-state index in [1.807, 2.05) is 12.1 Å². The van der Waals surface area contributed by atoms with Gasteiger partial charge in [-0.25, -0.2) is 14.4 Å². The Bertz CT molecular complexity index is 713. The van der Waals surface area contributed by atoms with Gasteiger partial charge in [-0.3, -0.25) is 4.79 Å². The maximum atomic E-state index is 13.7. The highest BCUT2D eigenvalue weighted by Crippen LogP contribution is 2.24. The molecule has 114 valence electrons. The molecular formula is C16H17FN4O. The van der Waals surface area contributed by atoms with Crippen molar-refractivity contribution in [1.82, 2.24) is 15.3 Å². The second-order valence-electron chi connectivity index (χ2n) is 5.53. The van der Waals surface area contributed by atoms with E-state index in [-0.39, 0.29) is 17.8 Å². The zero-order valence-corrected chi connectivity index (χ0v) is 12.5. The maximum Gasteiger partial charge on any atom is 0.217 e. The summed E-state index contributed by atoms with van der Waals surface area (Å²) in [5.74, 6) is 0.517. The topological polar surface area (TPSA) is 58.1 Å². The van der Waals surface area contributed by atoms with Crippen LogP contribution >= 0.6 is 0 Å². The first kappa shape index (κ1) is 14.4. The molecule has 1 N–H and O–H groups in total. The Kier molecular flexibility index (Phi) is 3.75. The zero-order valence-electron chi connectivity index (χ0n) is 12.5. The zero-order chi connectivity index (χ0) is 15.7. The van der Waals surface area contributed by atoms with Crippen molar-refractivity contribution in [2.75, 3.05) is 18.0 Å². The lowest BCUT2D eigenvalue weighted by Gasteiger charge is -2.40. The van der Waals surface area contributed by atoms with Crippen molar-refractivity contribution in [1.29, 1.82) is 0 Å². The predicted octanol–water partition coefficient (Wildman–Crippen LogP) is 1.92. The van der Waals surface area contributed by atoms with Crippen molar-refractivity contribution < 1.29 is 9.18 Å². The number of amides is 1. The lowest BCUT2D eigenvalue weighted by Crippen LogP contribution is -2.59. The van der Waals surface area contributed by atoms with Crippen LogP contribution in [0.5, 0.6) is 0 Å². The number of halogens is 1. The predicted molar refractivity (Wildman–Crippen MR) is 82.0 cm³/mol. The molecule has 0 spiro atoms. The Morgan fingerprint density at radius 3 is 2.77 bits per heavy atom. The van der Waals surface area contributed by atoms with Gasteiger partial charge < -0.3 is 10.2 Å². The number of carbonyl (C=O) groups excluding carboxylic acids is 1. The Hall–Kier alpha value is -2.50. The first-order valence-electron chi connectivity index (χ1n) is 7.13. The standard InChI is InChI=1S/C16H17FN4O/c1-10-3-4-12(5-14(10)17)15-6-16(19-9-18-15)21-7-13(8-21)20-11(2)22/h3-6,9,13H,7-8H2,1-2H3,(H,20,22). The van der Waals surface area contributed by atoms with E-state index in [2.05, 4.69) is 20.2 Å². The Labute approximate surface area is 128 Å². The van der Waals surface area contributed by atoms with Crippen molar-refractivity contribution in [3.63, 3.8) is 0 Å². The number of nitrogens with one attached hydrogen (secondary N) is 1. The molecule has 22 heavy (non-hydrogen) atoms. The third kappa shape index (κ3) is 2.90. The minimum Gasteiger partial charge on any atom is -0.352 e. The first-order chi connectivity index (χ1) is 10.5. The van der Waals surface area contributed by atoms with Gasteiger partial charge in [0.2, 0.25) is 5.91 Å². The molecule has 2 heterocycles. The smallest absolute Gasteiger partial charge is 0.217 e. The van der Waals surface area contributed by atoms with Gasteiger partial charge in [0, 0.05) is 31.6 Å². The summed E-state index contributed by atoms with van der Waals surface area (Å²) in [6.07, 6.45) is 1.48. The van der Waals surface area contributed by atoms with Crippen LogP contribution in [0.25, 0.3) is 11.3 Å². The van der Waals surface area contributed by atoms with Gasteiger partial charge in [-0.1, -0.05) is 12.1 Å². The van der Waals surface area contributed by atoms with Gasteiger partial charge in [-0.05, 0) is 18.6 Å². The average Bonchev–Trinajstić information content (AvgIpc) is 2.45. The van der Waals surface area contributed by atoms with Crippen LogP contribution in [0.2, 0.25) is 0 Å². The SMILES string of the molecule is CC(=O)NC1CN(c2cc(-c3ccc(C)c(F)c3)ncn2)C1. The number of carbonyl (C=O) groups is 1. The van der Waals surface area contributed by atoms with Crippen LogP contribution in [0.4, 0.5) is 10.2 Å². The summed E-state index contributed by atoms with van der Waals surface area (Å²) in [6.45, 7) is 4.68. The van der Waals surface area contributed by atoms with Crippen LogP contribution in [-0.4, -0.2) is 35.0 Å². The van der Waals surface area contributed by atoms with Crippen LogP contribution in [-0.2, 0) is 4.79 Å². The largest absolute Gasteiger partial charge is 0.352 e. The van der Waals surface area contributed by atoms with E-state index < -0.39 is 0 Å². The molecular weight excluding hydrogens is 283 g/mol. The molecule has 0 unspecified atom stereocenters. The molecule has 1 aliphatic heterocycles. The minimum atomic E-state index is -0.243. The van der Waals surface area contributed by atoms with Crippen molar-refractivity contribution >= 4 is 11.7 Å². The molecule has 3 rings (SSSR count). The monoisotopic (exact) mass is 300 g/mol. The molecule has 6 heteroatoms. The maximum absolute atomic E-state index is 13.7. The Morgan fingerprint density at radius 2 is 2.09 bits per heavy atom. The fourth-order valence-electron chi connectivity index (χ4n) is 2.47. The summed E-state index contributed by atoms with van der Waals surface area (Å²) < 4.78 is 13.7. The van der Waals surface area contributed by atoms with E-state index in [1.165, 1.54) is 19.3 Å². The molecule has 1 amide bonds. The fraction of sp³-hybridized carbons (Fsp3) is 0.312. The van der Waals surface area contributed by atoms with Crippen LogP contribution in [0.1, 0.15) is 12.5 Å². The highest BCUT2D eigenvalue weighted by Gasteiger charge is 2.28. The first-order valence-corrected chi connectivity index (χ1v) is 7.13. The van der Waals surface area contributed by atoms with Gasteiger partial charge in [0.1, 0.15) is 18.0 Å². The quantitative estimate of drug-likeness (QED) is 0.941. The lowest BCUT2D eigenvalue weighted by atomic mass is 10.1. The second kappa shape index (κ2) is 5.71. The van der Waals surface area contributed by atoms with Gasteiger partial charge in [0.25, 0.3) is 0 Å². The Morgan fingerprint density at radius 1 is 1.32 bits per heavy atom. The second-order valence-corrected chi connectivity index (χ2v) is 5.53. The number of aryl methyl sites for hydroxylation is 1. The van der Waals surface area contributed by atoms with E-state index in [1.54, 1.807) is 13.0 Å². The number of anilines is 1. The molecule has 1 saturated heterocycles. The summed E-state index contributed by atoms with van der Waals surface area (Å²) in [7, 11) is 0. The Balaban J connectivity index is 1.76. The third-order valence-electron chi connectivity index (χ3n) is 3.73. The van der Waals surface area contributed by atoms with Gasteiger partial charge in [0.05, 0.1) is 11.7 Å². The van der Waals surface area contributed by atoms with E-state index in [0.29, 0.717) is 11.3 Å². The van der Waals surface area contributed by atoms with E-state index in [9.17, 15) is 9.18 Å². The van der Waals surface area contributed by atoms with Crippen molar-refractivity contribution in [2.45, 2.75) is 19.9 Å². The molecule has 0 saturated carbocycles.